The van der Waals surface area contributed by atoms with Crippen molar-refractivity contribution in [1.82, 2.24) is 29.5 Å². The van der Waals surface area contributed by atoms with Crippen LogP contribution in [0.1, 0.15) is 54.2 Å². The first-order valence-electron chi connectivity index (χ1n) is 10.5. The summed E-state index contributed by atoms with van der Waals surface area (Å²) in [5.41, 5.74) is 2.70. The Kier molecular flexibility index (Phi) is 5.04. The fourth-order valence-corrected chi connectivity index (χ4v) is 3.75. The Bertz CT molecular complexity index is 1290. The summed E-state index contributed by atoms with van der Waals surface area (Å²) in [6.45, 7) is 1.82. The molecule has 1 atom stereocenters. The van der Waals surface area contributed by atoms with E-state index in [9.17, 15) is 9.18 Å². The van der Waals surface area contributed by atoms with Crippen LogP contribution in [-0.2, 0) is 7.05 Å². The van der Waals surface area contributed by atoms with E-state index >= 15 is 0 Å². The number of aryl methyl sites for hydroxylation is 1. The molecule has 3 aromatic heterocycles. The molecular formula is C22H23FN8O. The topological polar surface area (TPSA) is 103 Å². The molecule has 1 aromatic carbocycles. The molecule has 1 saturated carbocycles. The molecule has 4 aromatic rings. The number of fused-ring (bicyclic) bond motifs is 1. The molecule has 1 fully saturated rings. The number of carbonyl (C=O) groups excluding carboxylic acids is 1. The molecule has 3 heterocycles. The Morgan fingerprint density at radius 3 is 2.84 bits per heavy atom. The highest BCUT2D eigenvalue weighted by Crippen LogP contribution is 2.31. The summed E-state index contributed by atoms with van der Waals surface area (Å²) in [6.07, 6.45) is 9.93. The van der Waals surface area contributed by atoms with Gasteiger partial charge in [-0.3, -0.25) is 9.48 Å². The van der Waals surface area contributed by atoms with E-state index in [4.69, 9.17) is 0 Å². The maximum absolute atomic E-state index is 14.6. The second-order valence-corrected chi connectivity index (χ2v) is 8.08. The van der Waals surface area contributed by atoms with Gasteiger partial charge in [-0.25, -0.2) is 19.0 Å². The zero-order chi connectivity index (χ0) is 22.2. The Morgan fingerprint density at radius 2 is 2.06 bits per heavy atom. The van der Waals surface area contributed by atoms with E-state index in [1.54, 1.807) is 48.6 Å². The van der Waals surface area contributed by atoms with E-state index in [0.717, 1.165) is 12.8 Å². The number of nitrogens with one attached hydrogen (secondary N) is 2. The maximum Gasteiger partial charge on any atom is 0.258 e. The van der Waals surface area contributed by atoms with Crippen LogP contribution in [0.15, 0.2) is 43.0 Å². The fourth-order valence-electron chi connectivity index (χ4n) is 3.75. The van der Waals surface area contributed by atoms with Crippen LogP contribution >= 0.6 is 0 Å². The average molecular weight is 434 g/mol. The van der Waals surface area contributed by atoms with Gasteiger partial charge in [0.05, 0.1) is 36.2 Å². The van der Waals surface area contributed by atoms with Crippen LogP contribution in [0.4, 0.5) is 15.9 Å². The number of carbonyl (C=O) groups is 1. The van der Waals surface area contributed by atoms with Crippen LogP contribution in [0, 0.1) is 5.82 Å². The molecule has 0 unspecified atom stereocenters. The highest BCUT2D eigenvalue weighted by Gasteiger charge is 2.21. The predicted octanol–water partition coefficient (Wildman–Crippen LogP) is 3.85. The van der Waals surface area contributed by atoms with E-state index in [1.165, 1.54) is 12.5 Å². The largest absolute Gasteiger partial charge is 0.362 e. The van der Waals surface area contributed by atoms with Crippen LogP contribution in [-0.4, -0.2) is 35.4 Å². The third-order valence-electron chi connectivity index (χ3n) is 5.84. The van der Waals surface area contributed by atoms with Gasteiger partial charge in [0, 0.05) is 24.5 Å². The first kappa shape index (κ1) is 20.1. The van der Waals surface area contributed by atoms with Gasteiger partial charge < -0.3 is 10.6 Å². The van der Waals surface area contributed by atoms with E-state index in [1.807, 2.05) is 11.6 Å². The number of aromatic nitrogens is 6. The van der Waals surface area contributed by atoms with Crippen LogP contribution in [0.25, 0.3) is 11.2 Å². The average Bonchev–Trinajstić information content (AvgIpc) is 3.36. The number of hydrogen-bond donors (Lipinski definition) is 2. The van der Waals surface area contributed by atoms with E-state index in [2.05, 4.69) is 30.8 Å². The fraction of sp³-hybridized carbons (Fsp3) is 0.318. The van der Waals surface area contributed by atoms with E-state index in [-0.39, 0.29) is 11.7 Å². The molecule has 0 radical (unpaired) electrons. The number of halogens is 1. The lowest BCUT2D eigenvalue weighted by Crippen LogP contribution is -2.17. The van der Waals surface area contributed by atoms with Crippen molar-refractivity contribution in [2.24, 2.45) is 7.05 Å². The molecular weight excluding hydrogens is 411 g/mol. The number of benzene rings is 1. The van der Waals surface area contributed by atoms with Gasteiger partial charge in [0.2, 0.25) is 0 Å². The molecule has 2 N–H and O–H groups in total. The lowest BCUT2D eigenvalue weighted by Gasteiger charge is -2.25. The van der Waals surface area contributed by atoms with Crippen molar-refractivity contribution in [3.05, 3.63) is 59.9 Å². The summed E-state index contributed by atoms with van der Waals surface area (Å²) in [6, 6.07) is 4.48. The monoisotopic (exact) mass is 434 g/mol. The maximum atomic E-state index is 14.6. The Hall–Kier alpha value is -3.82. The summed E-state index contributed by atoms with van der Waals surface area (Å²) >= 11 is 0. The first-order chi connectivity index (χ1) is 15.5. The van der Waals surface area contributed by atoms with Crippen LogP contribution < -0.4 is 10.6 Å². The summed E-state index contributed by atoms with van der Waals surface area (Å²) < 4.78 is 18.0. The normalized spacial score (nSPS) is 14.8. The lowest BCUT2D eigenvalue weighted by molar-refractivity contribution is 0.102. The molecule has 10 heteroatoms. The van der Waals surface area contributed by atoms with Crippen LogP contribution in [0.2, 0.25) is 0 Å². The zero-order valence-corrected chi connectivity index (χ0v) is 17.8. The lowest BCUT2D eigenvalue weighted by atomic mass is 9.93. The predicted molar refractivity (Wildman–Crippen MR) is 118 cm³/mol. The quantitative estimate of drug-likeness (QED) is 0.478. The molecule has 1 aliphatic carbocycles. The molecule has 0 aliphatic heterocycles. The van der Waals surface area contributed by atoms with Crippen molar-refractivity contribution in [3.63, 3.8) is 0 Å². The highest BCUT2D eigenvalue weighted by atomic mass is 19.1. The molecule has 0 bridgehead atoms. The van der Waals surface area contributed by atoms with Gasteiger partial charge in [-0.2, -0.15) is 10.2 Å². The number of hydrogen-bond acceptors (Lipinski definition) is 6. The third-order valence-corrected chi connectivity index (χ3v) is 5.84. The minimum absolute atomic E-state index is 0.277. The van der Waals surface area contributed by atoms with Crippen molar-refractivity contribution in [3.8, 4) is 0 Å². The van der Waals surface area contributed by atoms with Gasteiger partial charge in [-0.15, -0.1) is 0 Å². The zero-order valence-electron chi connectivity index (χ0n) is 17.8. The second-order valence-electron chi connectivity index (χ2n) is 8.08. The van der Waals surface area contributed by atoms with Crippen molar-refractivity contribution >= 4 is 28.6 Å². The van der Waals surface area contributed by atoms with Gasteiger partial charge in [0.15, 0.2) is 5.65 Å². The highest BCUT2D eigenvalue weighted by molar-refractivity contribution is 6.04. The van der Waals surface area contributed by atoms with Gasteiger partial charge in [0.25, 0.3) is 5.91 Å². The number of anilines is 2. The van der Waals surface area contributed by atoms with Gasteiger partial charge in [0.1, 0.15) is 17.2 Å². The summed E-state index contributed by atoms with van der Waals surface area (Å²) in [5, 5.41) is 14.4. The standard InChI is InChI=1S/C22H23FN8O/c1-13(27-20-11-24-19-10-25-30(2)21(19)29-20)17-8-15(6-7-18(17)23)28-22(32)14-9-26-31(12-14)16-4-3-5-16/h6-13,16H,3-5H2,1-2H3,(H,27,29)(H,28,32)/t13-/m0/s1. The molecule has 9 nitrogen and oxygen atoms in total. The Balaban J connectivity index is 1.31. The summed E-state index contributed by atoms with van der Waals surface area (Å²) in [7, 11) is 1.78. The van der Waals surface area contributed by atoms with Gasteiger partial charge in [-0.05, 0) is 44.4 Å². The molecule has 5 rings (SSSR count). The minimum Gasteiger partial charge on any atom is -0.362 e. The minimum atomic E-state index is -0.409. The van der Waals surface area contributed by atoms with Crippen LogP contribution in [0.3, 0.4) is 0 Å². The molecule has 32 heavy (non-hydrogen) atoms. The third kappa shape index (κ3) is 3.79. The molecule has 1 aliphatic rings. The summed E-state index contributed by atoms with van der Waals surface area (Å²) in [5.74, 6) is -0.150. The molecule has 0 saturated heterocycles. The van der Waals surface area contributed by atoms with Crippen molar-refractivity contribution in [2.75, 3.05) is 10.6 Å². The van der Waals surface area contributed by atoms with Crippen molar-refractivity contribution in [2.45, 2.75) is 38.3 Å². The van der Waals surface area contributed by atoms with Crippen molar-refractivity contribution < 1.29 is 9.18 Å². The van der Waals surface area contributed by atoms with Crippen molar-refractivity contribution in [1.29, 1.82) is 0 Å². The van der Waals surface area contributed by atoms with E-state index in [0.29, 0.717) is 39.8 Å². The SMILES string of the molecule is C[C@H](Nc1cnc2cnn(C)c2n1)c1cc(NC(=O)c2cnn(C3CCC3)c2)ccc1F. The van der Waals surface area contributed by atoms with Crippen LogP contribution in [0.5, 0.6) is 0 Å². The number of nitrogens with zero attached hydrogens (tertiary/aromatic N) is 6. The van der Waals surface area contributed by atoms with E-state index < -0.39 is 6.04 Å². The molecule has 164 valence electrons. The Morgan fingerprint density at radius 1 is 1.22 bits per heavy atom. The Labute approximate surface area is 183 Å². The second kappa shape index (κ2) is 8.03. The van der Waals surface area contributed by atoms with Gasteiger partial charge in [-0.1, -0.05) is 0 Å². The number of amides is 1. The summed E-state index contributed by atoms with van der Waals surface area (Å²) in [4.78, 5) is 21.5. The number of rotatable bonds is 6. The van der Waals surface area contributed by atoms with Gasteiger partial charge >= 0.3 is 0 Å². The smallest absolute Gasteiger partial charge is 0.258 e. The molecule has 1 amide bonds. The first-order valence-corrected chi connectivity index (χ1v) is 10.5. The molecule has 0 spiro atoms.